The Labute approximate surface area is 126 Å². The van der Waals surface area contributed by atoms with Crippen LogP contribution in [0.15, 0.2) is 30.5 Å². The average Bonchev–Trinajstić information content (AvgIpc) is 2.55. The minimum atomic E-state index is 0.00584. The van der Waals surface area contributed by atoms with Crippen LogP contribution in [0.1, 0.15) is 38.2 Å². The molecule has 4 nitrogen and oxygen atoms in total. The zero-order valence-corrected chi connectivity index (χ0v) is 12.8. The number of benzene rings is 1. The summed E-state index contributed by atoms with van der Waals surface area (Å²) in [7, 11) is 1.65. The van der Waals surface area contributed by atoms with Gasteiger partial charge < -0.3 is 15.0 Å². The molecule has 1 unspecified atom stereocenters. The Kier molecular flexibility index (Phi) is 5.67. The molecule has 0 aliphatic carbocycles. The van der Waals surface area contributed by atoms with Crippen LogP contribution in [0.4, 0.5) is 4.79 Å². The van der Waals surface area contributed by atoms with Crippen LogP contribution in [-0.4, -0.2) is 30.6 Å². The molecule has 1 heterocycles. The number of urea groups is 1. The van der Waals surface area contributed by atoms with Crippen LogP contribution in [0.2, 0.25) is 0 Å². The van der Waals surface area contributed by atoms with Gasteiger partial charge in [0.2, 0.25) is 0 Å². The zero-order chi connectivity index (χ0) is 15.1. The summed E-state index contributed by atoms with van der Waals surface area (Å²) in [5, 5.41) is 2.87. The minimum Gasteiger partial charge on any atom is -0.497 e. The Morgan fingerprint density at radius 3 is 2.81 bits per heavy atom. The first-order chi connectivity index (χ1) is 10.2. The molecule has 1 N–H and O–H groups in total. The fourth-order valence-electron chi connectivity index (χ4n) is 2.70. The van der Waals surface area contributed by atoms with E-state index in [9.17, 15) is 4.79 Å². The average molecular weight is 288 g/mol. The van der Waals surface area contributed by atoms with Crippen LogP contribution in [0.3, 0.4) is 0 Å². The normalized spacial score (nSPS) is 18.8. The van der Waals surface area contributed by atoms with Gasteiger partial charge in [-0.2, -0.15) is 0 Å². The molecule has 0 radical (unpaired) electrons. The largest absolute Gasteiger partial charge is 0.497 e. The Balaban J connectivity index is 1.88. The lowest BCUT2D eigenvalue weighted by Gasteiger charge is -2.34. The molecule has 1 saturated heterocycles. The van der Waals surface area contributed by atoms with E-state index >= 15 is 0 Å². The number of rotatable bonds is 4. The predicted octanol–water partition coefficient (Wildman–Crippen LogP) is 3.64. The molecule has 1 atom stereocenters. The van der Waals surface area contributed by atoms with Crippen molar-refractivity contribution in [1.82, 2.24) is 10.2 Å². The molecular formula is C17H24N2O2. The van der Waals surface area contributed by atoms with Gasteiger partial charge in [0.1, 0.15) is 5.75 Å². The highest BCUT2D eigenvalue weighted by Gasteiger charge is 2.24. The maximum atomic E-state index is 12.2. The van der Waals surface area contributed by atoms with E-state index in [1.54, 1.807) is 13.3 Å². The monoisotopic (exact) mass is 288 g/mol. The predicted molar refractivity (Wildman–Crippen MR) is 85.2 cm³/mol. The van der Waals surface area contributed by atoms with Crippen LogP contribution < -0.4 is 10.1 Å². The van der Waals surface area contributed by atoms with Crippen LogP contribution >= 0.6 is 0 Å². The van der Waals surface area contributed by atoms with Gasteiger partial charge in [0.25, 0.3) is 0 Å². The molecule has 114 valence electrons. The van der Waals surface area contributed by atoms with E-state index in [-0.39, 0.29) is 6.03 Å². The summed E-state index contributed by atoms with van der Waals surface area (Å²) in [6.45, 7) is 3.00. The number of methoxy groups -OCH3 is 1. The molecule has 0 aromatic heterocycles. The molecule has 1 aromatic carbocycles. The minimum absolute atomic E-state index is 0.00584. The Morgan fingerprint density at radius 1 is 1.38 bits per heavy atom. The van der Waals surface area contributed by atoms with E-state index in [2.05, 4.69) is 12.2 Å². The summed E-state index contributed by atoms with van der Waals surface area (Å²) in [4.78, 5) is 14.2. The number of amides is 2. The summed E-state index contributed by atoms with van der Waals surface area (Å²) >= 11 is 0. The first-order valence-electron chi connectivity index (χ1n) is 7.62. The van der Waals surface area contributed by atoms with Crippen molar-refractivity contribution in [3.05, 3.63) is 36.0 Å². The van der Waals surface area contributed by atoms with Gasteiger partial charge in [-0.05, 0) is 49.5 Å². The second-order valence-corrected chi connectivity index (χ2v) is 5.31. The Hall–Kier alpha value is -1.97. The van der Waals surface area contributed by atoms with E-state index in [1.807, 2.05) is 35.2 Å². The van der Waals surface area contributed by atoms with E-state index < -0.39 is 0 Å². The van der Waals surface area contributed by atoms with E-state index in [0.29, 0.717) is 6.04 Å². The Morgan fingerprint density at radius 2 is 2.14 bits per heavy atom. The van der Waals surface area contributed by atoms with Crippen LogP contribution in [0.5, 0.6) is 5.75 Å². The fraction of sp³-hybridized carbons (Fsp3) is 0.471. The van der Waals surface area contributed by atoms with Crippen LogP contribution in [0, 0.1) is 0 Å². The molecule has 1 fully saturated rings. The van der Waals surface area contributed by atoms with Crippen LogP contribution in [-0.2, 0) is 0 Å². The molecule has 0 saturated carbocycles. The van der Waals surface area contributed by atoms with Gasteiger partial charge in [-0.15, -0.1) is 0 Å². The Bertz CT molecular complexity index is 482. The first kappa shape index (κ1) is 15.4. The van der Waals surface area contributed by atoms with Gasteiger partial charge in [-0.25, -0.2) is 4.79 Å². The highest BCUT2D eigenvalue weighted by Crippen LogP contribution is 2.19. The van der Waals surface area contributed by atoms with E-state index in [1.165, 1.54) is 6.42 Å². The number of carbonyl (C=O) groups excluding carboxylic acids is 1. The second kappa shape index (κ2) is 7.72. The maximum absolute atomic E-state index is 12.2. The van der Waals surface area contributed by atoms with E-state index in [4.69, 9.17) is 4.74 Å². The molecule has 2 amide bonds. The van der Waals surface area contributed by atoms with Crippen molar-refractivity contribution in [1.29, 1.82) is 0 Å². The van der Waals surface area contributed by atoms with Crippen molar-refractivity contribution in [3.8, 4) is 5.75 Å². The van der Waals surface area contributed by atoms with Crippen molar-refractivity contribution >= 4 is 12.1 Å². The van der Waals surface area contributed by atoms with Gasteiger partial charge in [0.05, 0.1) is 7.11 Å². The lowest BCUT2D eigenvalue weighted by atomic mass is 10.0. The highest BCUT2D eigenvalue weighted by molar-refractivity contribution is 5.76. The van der Waals surface area contributed by atoms with Crippen molar-refractivity contribution in [2.45, 2.75) is 38.6 Å². The molecular weight excluding hydrogens is 264 g/mol. The summed E-state index contributed by atoms with van der Waals surface area (Å²) in [6, 6.07) is 8.10. The topological polar surface area (TPSA) is 41.6 Å². The van der Waals surface area contributed by atoms with Crippen molar-refractivity contribution in [3.63, 3.8) is 0 Å². The van der Waals surface area contributed by atoms with Gasteiger partial charge in [0.15, 0.2) is 0 Å². The number of nitrogens with one attached hydrogen (secondary N) is 1. The standard InChI is InChI=1S/C17H24N2O2/c1-3-15-6-4-5-13-19(15)17(20)18-12-11-14-7-9-16(21-2)10-8-14/h7-12,15H,3-6,13H2,1-2H3,(H,18,20)/b12-11+. The lowest BCUT2D eigenvalue weighted by molar-refractivity contribution is 0.152. The lowest BCUT2D eigenvalue weighted by Crippen LogP contribution is -2.47. The van der Waals surface area contributed by atoms with Crippen LogP contribution in [0.25, 0.3) is 6.08 Å². The molecule has 4 heteroatoms. The molecule has 0 bridgehead atoms. The molecule has 21 heavy (non-hydrogen) atoms. The summed E-state index contributed by atoms with van der Waals surface area (Å²) in [5.74, 6) is 0.829. The fourth-order valence-corrected chi connectivity index (χ4v) is 2.70. The second-order valence-electron chi connectivity index (χ2n) is 5.31. The molecule has 1 aliphatic rings. The number of likely N-dealkylation sites (tertiary alicyclic amines) is 1. The number of hydrogen-bond donors (Lipinski definition) is 1. The third-order valence-electron chi connectivity index (χ3n) is 3.96. The van der Waals surface area contributed by atoms with Gasteiger partial charge in [0, 0.05) is 18.8 Å². The molecule has 1 aliphatic heterocycles. The molecule has 1 aromatic rings. The van der Waals surface area contributed by atoms with E-state index in [0.717, 1.165) is 37.1 Å². The maximum Gasteiger partial charge on any atom is 0.321 e. The van der Waals surface area contributed by atoms with Gasteiger partial charge in [-0.3, -0.25) is 0 Å². The van der Waals surface area contributed by atoms with Crippen molar-refractivity contribution in [2.24, 2.45) is 0 Å². The van der Waals surface area contributed by atoms with Crippen molar-refractivity contribution in [2.75, 3.05) is 13.7 Å². The van der Waals surface area contributed by atoms with Gasteiger partial charge in [-0.1, -0.05) is 19.1 Å². The third kappa shape index (κ3) is 4.25. The van der Waals surface area contributed by atoms with Crippen molar-refractivity contribution < 1.29 is 9.53 Å². The summed E-state index contributed by atoms with van der Waals surface area (Å²) in [6.07, 6.45) is 8.07. The SMILES string of the molecule is CCC1CCCCN1C(=O)N/C=C/c1ccc(OC)cc1. The number of hydrogen-bond acceptors (Lipinski definition) is 2. The summed E-state index contributed by atoms with van der Waals surface area (Å²) < 4.78 is 5.11. The zero-order valence-electron chi connectivity index (χ0n) is 12.8. The molecule has 0 spiro atoms. The number of carbonyl (C=O) groups is 1. The number of nitrogens with zero attached hydrogens (tertiary/aromatic N) is 1. The first-order valence-corrected chi connectivity index (χ1v) is 7.62. The third-order valence-corrected chi connectivity index (χ3v) is 3.96. The number of piperidine rings is 1. The highest BCUT2D eigenvalue weighted by atomic mass is 16.5. The molecule has 2 rings (SSSR count). The quantitative estimate of drug-likeness (QED) is 0.919. The summed E-state index contributed by atoms with van der Waals surface area (Å²) in [5.41, 5.74) is 1.03. The number of ether oxygens (including phenoxy) is 1. The van der Waals surface area contributed by atoms with Gasteiger partial charge >= 0.3 is 6.03 Å². The smallest absolute Gasteiger partial charge is 0.321 e.